The molecule has 0 radical (unpaired) electrons. The number of allylic oxidation sites excluding steroid dienone is 2. The van der Waals surface area contributed by atoms with Crippen molar-refractivity contribution in [1.82, 2.24) is 15.3 Å². The number of carbonyl (C=O) groups is 1. The Morgan fingerprint density at radius 1 is 1.26 bits per heavy atom. The third-order valence-electron chi connectivity index (χ3n) is 4.88. The van der Waals surface area contributed by atoms with E-state index in [0.717, 1.165) is 27.6 Å². The highest BCUT2D eigenvalue weighted by atomic mass is 35.5. The predicted octanol–water partition coefficient (Wildman–Crippen LogP) is 4.56. The van der Waals surface area contributed by atoms with Crippen LogP contribution in [0.5, 0.6) is 0 Å². The summed E-state index contributed by atoms with van der Waals surface area (Å²) in [4.78, 5) is 25.2. The molecule has 1 amide bonds. The fraction of sp³-hybridized carbons (Fsp3) is 0.167. The molecule has 3 rings (SSSR count). The summed E-state index contributed by atoms with van der Waals surface area (Å²) >= 11 is 6.05. The predicted molar refractivity (Wildman–Crippen MR) is 127 cm³/mol. The zero-order valence-electron chi connectivity index (χ0n) is 17.5. The topological polar surface area (TPSA) is 93.3 Å². The lowest BCUT2D eigenvalue weighted by Crippen LogP contribution is -2.24. The Balaban J connectivity index is 1.73. The van der Waals surface area contributed by atoms with E-state index in [0.29, 0.717) is 35.1 Å². The average Bonchev–Trinajstić information content (AvgIpc) is 2.75. The molecule has 7 heteroatoms. The van der Waals surface area contributed by atoms with Gasteiger partial charge in [-0.25, -0.2) is 4.98 Å². The minimum atomic E-state index is -0.200. The monoisotopic (exact) mass is 433 g/mol. The van der Waals surface area contributed by atoms with Crippen LogP contribution in [-0.2, 0) is 17.8 Å². The Bertz CT molecular complexity index is 1200. The average molecular weight is 434 g/mol. The molecule has 0 fully saturated rings. The molecule has 1 aromatic carbocycles. The van der Waals surface area contributed by atoms with Crippen LogP contribution in [0.4, 0.5) is 5.82 Å². The standard InChI is InChI=1S/C24H24ClN5O/c1-4-17(24(31)30-13-19-12-29-23(26)7-15(19)2)11-21(27-3)9-16-5-6-22-18(8-16)10-20(25)14-28-22/h4-8,10-12,14H,3,9,13H2,1-2H3,(H2,26,29)(H,30,31)/b17-4+,21-11-. The van der Waals surface area contributed by atoms with Gasteiger partial charge in [0.1, 0.15) is 5.82 Å². The minimum absolute atomic E-state index is 0.200. The van der Waals surface area contributed by atoms with Crippen LogP contribution in [0.3, 0.4) is 0 Å². The number of hydrogen-bond acceptors (Lipinski definition) is 5. The fourth-order valence-corrected chi connectivity index (χ4v) is 3.32. The van der Waals surface area contributed by atoms with Gasteiger partial charge in [-0.3, -0.25) is 14.8 Å². The molecule has 31 heavy (non-hydrogen) atoms. The number of pyridine rings is 2. The first-order valence-electron chi connectivity index (χ1n) is 9.76. The maximum absolute atomic E-state index is 12.7. The number of hydrogen-bond donors (Lipinski definition) is 2. The van der Waals surface area contributed by atoms with Crippen molar-refractivity contribution < 1.29 is 4.79 Å². The molecule has 158 valence electrons. The summed E-state index contributed by atoms with van der Waals surface area (Å²) in [6, 6.07) is 9.59. The Morgan fingerprint density at radius 3 is 2.77 bits per heavy atom. The van der Waals surface area contributed by atoms with Gasteiger partial charge < -0.3 is 11.1 Å². The van der Waals surface area contributed by atoms with E-state index in [9.17, 15) is 4.79 Å². The number of nitrogens with zero attached hydrogens (tertiary/aromatic N) is 3. The molecular formula is C24H24ClN5O. The fourth-order valence-electron chi connectivity index (χ4n) is 3.15. The quantitative estimate of drug-likeness (QED) is 0.324. The largest absolute Gasteiger partial charge is 0.384 e. The molecule has 3 aromatic rings. The molecule has 0 saturated heterocycles. The van der Waals surface area contributed by atoms with Gasteiger partial charge in [0.05, 0.1) is 10.5 Å². The normalized spacial score (nSPS) is 12.1. The molecule has 2 aromatic heterocycles. The van der Waals surface area contributed by atoms with Crippen molar-refractivity contribution in [3.8, 4) is 0 Å². The number of benzene rings is 1. The number of nitrogens with one attached hydrogen (secondary N) is 1. The maximum Gasteiger partial charge on any atom is 0.251 e. The summed E-state index contributed by atoms with van der Waals surface area (Å²) in [5.74, 6) is 0.257. The van der Waals surface area contributed by atoms with Crippen LogP contribution in [0.2, 0.25) is 5.02 Å². The summed E-state index contributed by atoms with van der Waals surface area (Å²) in [6.07, 6.45) is 7.32. The first-order chi connectivity index (χ1) is 14.9. The first-order valence-corrected chi connectivity index (χ1v) is 10.1. The van der Waals surface area contributed by atoms with Crippen molar-refractivity contribution in [1.29, 1.82) is 0 Å². The molecule has 0 unspecified atom stereocenters. The second-order valence-corrected chi connectivity index (χ2v) is 7.55. The van der Waals surface area contributed by atoms with Gasteiger partial charge in [-0.1, -0.05) is 23.7 Å². The van der Waals surface area contributed by atoms with Crippen molar-refractivity contribution in [2.45, 2.75) is 26.8 Å². The van der Waals surface area contributed by atoms with Gasteiger partial charge in [0.15, 0.2) is 0 Å². The minimum Gasteiger partial charge on any atom is -0.384 e. The highest BCUT2D eigenvalue weighted by Crippen LogP contribution is 2.20. The molecule has 3 N–H and O–H groups in total. The number of amides is 1. The molecule has 2 heterocycles. The van der Waals surface area contributed by atoms with Crippen LogP contribution in [0, 0.1) is 6.92 Å². The van der Waals surface area contributed by atoms with Crippen LogP contribution >= 0.6 is 11.6 Å². The van der Waals surface area contributed by atoms with E-state index in [1.165, 1.54) is 0 Å². The van der Waals surface area contributed by atoms with Gasteiger partial charge in [0, 0.05) is 42.0 Å². The Kier molecular flexibility index (Phi) is 7.15. The number of nitrogens with two attached hydrogens (primary N) is 1. The van der Waals surface area contributed by atoms with Crippen molar-refractivity contribution in [2.75, 3.05) is 5.73 Å². The van der Waals surface area contributed by atoms with E-state index < -0.39 is 0 Å². The first kappa shape index (κ1) is 22.2. The molecule has 0 bridgehead atoms. The SMILES string of the molecule is C=N/C(=C\C(=C/C)C(=O)NCc1cnc(N)cc1C)Cc1ccc2ncc(Cl)cc2c1. The molecule has 0 aliphatic rings. The summed E-state index contributed by atoms with van der Waals surface area (Å²) in [5, 5.41) is 4.45. The Labute approximate surface area is 186 Å². The van der Waals surface area contributed by atoms with Crippen LogP contribution in [0.25, 0.3) is 10.9 Å². The Morgan fingerprint density at radius 2 is 2.06 bits per heavy atom. The van der Waals surface area contributed by atoms with E-state index in [1.54, 1.807) is 30.6 Å². The smallest absolute Gasteiger partial charge is 0.251 e. The number of carbonyl (C=O) groups excluding carboxylic acids is 1. The zero-order chi connectivity index (χ0) is 22.4. The van der Waals surface area contributed by atoms with Crippen LogP contribution in [-0.4, -0.2) is 22.6 Å². The van der Waals surface area contributed by atoms with Gasteiger partial charge >= 0.3 is 0 Å². The van der Waals surface area contributed by atoms with Crippen LogP contribution < -0.4 is 11.1 Å². The van der Waals surface area contributed by atoms with Gasteiger partial charge in [0.2, 0.25) is 0 Å². The number of aliphatic imine (C=N–C) groups is 1. The molecule has 0 aliphatic heterocycles. The molecule has 0 saturated carbocycles. The van der Waals surface area contributed by atoms with Gasteiger partial charge in [-0.2, -0.15) is 0 Å². The van der Waals surface area contributed by atoms with E-state index in [-0.39, 0.29) is 5.91 Å². The third kappa shape index (κ3) is 5.77. The summed E-state index contributed by atoms with van der Waals surface area (Å²) in [5.41, 5.74) is 10.7. The zero-order valence-corrected chi connectivity index (χ0v) is 18.3. The third-order valence-corrected chi connectivity index (χ3v) is 5.08. The summed E-state index contributed by atoms with van der Waals surface area (Å²) in [6.45, 7) is 7.77. The van der Waals surface area contributed by atoms with Crippen molar-refractivity contribution in [3.63, 3.8) is 0 Å². The molecular weight excluding hydrogens is 410 g/mol. The van der Waals surface area contributed by atoms with Crippen molar-refractivity contribution >= 4 is 40.9 Å². The lowest BCUT2D eigenvalue weighted by molar-refractivity contribution is -0.117. The molecule has 6 nitrogen and oxygen atoms in total. The summed E-state index contributed by atoms with van der Waals surface area (Å²) in [7, 11) is 0. The number of aromatic nitrogens is 2. The number of rotatable bonds is 7. The van der Waals surface area contributed by atoms with E-state index >= 15 is 0 Å². The van der Waals surface area contributed by atoms with E-state index in [1.807, 2.05) is 38.1 Å². The van der Waals surface area contributed by atoms with Gasteiger partial charge in [-0.05, 0) is 67.6 Å². The molecule has 0 atom stereocenters. The highest BCUT2D eigenvalue weighted by molar-refractivity contribution is 6.31. The maximum atomic E-state index is 12.7. The second kappa shape index (κ2) is 10.00. The van der Waals surface area contributed by atoms with Crippen molar-refractivity contribution in [2.24, 2.45) is 4.99 Å². The molecule has 0 aliphatic carbocycles. The molecule has 0 spiro atoms. The van der Waals surface area contributed by atoms with Gasteiger partial charge in [-0.15, -0.1) is 0 Å². The second-order valence-electron chi connectivity index (χ2n) is 7.11. The van der Waals surface area contributed by atoms with Crippen LogP contribution in [0.1, 0.15) is 23.6 Å². The number of nitrogen functional groups attached to an aromatic ring is 1. The van der Waals surface area contributed by atoms with E-state index in [4.69, 9.17) is 17.3 Å². The number of halogens is 1. The van der Waals surface area contributed by atoms with Crippen molar-refractivity contribution in [3.05, 3.63) is 87.9 Å². The Hall–Kier alpha value is -3.51. The lowest BCUT2D eigenvalue weighted by atomic mass is 10.0. The van der Waals surface area contributed by atoms with Gasteiger partial charge in [0.25, 0.3) is 5.91 Å². The van der Waals surface area contributed by atoms with Crippen LogP contribution in [0.15, 0.2) is 71.1 Å². The number of aryl methyl sites for hydroxylation is 1. The lowest BCUT2D eigenvalue weighted by Gasteiger charge is -2.10. The van der Waals surface area contributed by atoms with E-state index in [2.05, 4.69) is 27.0 Å². The highest BCUT2D eigenvalue weighted by Gasteiger charge is 2.10. The number of fused-ring (bicyclic) bond motifs is 1. The number of anilines is 1. The summed E-state index contributed by atoms with van der Waals surface area (Å²) < 4.78 is 0.